The molecule has 138 valence electrons. The fraction of sp³-hybridized carbons (Fsp3) is 0.0435. The molecule has 0 aliphatic carbocycles. The monoisotopic (exact) mass is 405 g/mol. The van der Waals surface area contributed by atoms with E-state index >= 15 is 0 Å². The van der Waals surface area contributed by atoms with Crippen molar-refractivity contribution in [2.24, 2.45) is 0 Å². The number of halogens is 1. The highest BCUT2D eigenvalue weighted by Crippen LogP contribution is 2.33. The first-order chi connectivity index (χ1) is 13.5. The number of hydrogen-bond acceptors (Lipinski definition) is 3. The lowest BCUT2D eigenvalue weighted by Crippen LogP contribution is -2.15. The van der Waals surface area contributed by atoms with Crippen LogP contribution in [0.1, 0.15) is 15.9 Å². The molecule has 1 heterocycles. The van der Waals surface area contributed by atoms with E-state index in [1.165, 1.54) is 11.3 Å². The van der Waals surface area contributed by atoms with Gasteiger partial charge in [-0.3, -0.25) is 9.59 Å². The van der Waals surface area contributed by atoms with Crippen LogP contribution in [-0.2, 0) is 0 Å². The summed E-state index contributed by atoms with van der Waals surface area (Å²) in [6.45, 7) is 1.99. The summed E-state index contributed by atoms with van der Waals surface area (Å²) in [7, 11) is 0. The molecule has 4 rings (SSSR count). The highest BCUT2D eigenvalue weighted by atomic mass is 35.5. The van der Waals surface area contributed by atoms with E-state index in [4.69, 9.17) is 11.6 Å². The molecule has 3 nitrogen and oxygen atoms in total. The maximum absolute atomic E-state index is 13.2. The molecule has 0 saturated carbocycles. The van der Waals surface area contributed by atoms with Gasteiger partial charge in [-0.25, -0.2) is 0 Å². The molecule has 1 N–H and O–H groups in total. The van der Waals surface area contributed by atoms with Crippen LogP contribution in [0.25, 0.3) is 21.2 Å². The van der Waals surface area contributed by atoms with Crippen LogP contribution in [0.4, 0.5) is 5.00 Å². The number of hydrogen-bond donors (Lipinski definition) is 1. The minimum absolute atomic E-state index is 0.0930. The molecule has 0 spiro atoms. The Kier molecular flexibility index (Phi) is 4.99. The molecule has 1 aromatic heterocycles. The molecule has 1 amide bonds. The molecule has 0 atom stereocenters. The zero-order valence-corrected chi connectivity index (χ0v) is 16.6. The maximum Gasteiger partial charge on any atom is 0.256 e. The third-order valence-corrected chi connectivity index (χ3v) is 5.81. The molecular weight excluding hydrogens is 390 g/mol. The molecule has 0 fully saturated rings. The molecular formula is C23H16ClNO2S. The first-order valence-electron chi connectivity index (χ1n) is 8.73. The van der Waals surface area contributed by atoms with Crippen LogP contribution in [0.5, 0.6) is 0 Å². The summed E-state index contributed by atoms with van der Waals surface area (Å²) in [5, 5.41) is 4.67. The minimum atomic E-state index is -0.282. The molecule has 0 aliphatic heterocycles. The lowest BCUT2D eigenvalue weighted by atomic mass is 10.0. The second-order valence-electron chi connectivity index (χ2n) is 6.46. The third-order valence-electron chi connectivity index (χ3n) is 4.47. The van der Waals surface area contributed by atoms with Gasteiger partial charge in [-0.1, -0.05) is 53.6 Å². The first kappa shape index (κ1) is 18.4. The first-order valence-corrected chi connectivity index (χ1v) is 9.92. The average Bonchev–Trinajstić information content (AvgIpc) is 2.70. The summed E-state index contributed by atoms with van der Waals surface area (Å²) in [4.78, 5) is 26.0. The summed E-state index contributed by atoms with van der Waals surface area (Å²) < 4.78 is 0.828. The molecule has 4 aromatic rings. The van der Waals surface area contributed by atoms with Crippen LogP contribution >= 0.6 is 22.9 Å². The molecule has 5 heteroatoms. The van der Waals surface area contributed by atoms with Gasteiger partial charge in [0.05, 0.1) is 5.56 Å². The Hall–Kier alpha value is -2.95. The number of nitrogens with one attached hydrogen (secondary N) is 1. The number of rotatable bonds is 3. The number of benzene rings is 3. The van der Waals surface area contributed by atoms with Crippen LogP contribution in [-0.4, -0.2) is 5.91 Å². The van der Waals surface area contributed by atoms with Crippen molar-refractivity contribution >= 4 is 43.9 Å². The molecule has 0 unspecified atom stereocenters. The number of carbonyl (C=O) groups excluding carboxylic acids is 1. The summed E-state index contributed by atoms with van der Waals surface area (Å²) in [6.07, 6.45) is 0. The molecule has 0 saturated heterocycles. The fourth-order valence-electron chi connectivity index (χ4n) is 2.99. The number of amides is 1. The highest BCUT2D eigenvalue weighted by molar-refractivity contribution is 7.22. The summed E-state index contributed by atoms with van der Waals surface area (Å²) in [5.74, 6) is -0.282. The van der Waals surface area contributed by atoms with Gasteiger partial charge in [-0.05, 0) is 48.9 Å². The quantitative estimate of drug-likeness (QED) is 0.444. The van der Waals surface area contributed by atoms with Crippen molar-refractivity contribution in [2.75, 3.05) is 5.32 Å². The molecule has 3 aromatic carbocycles. The zero-order valence-electron chi connectivity index (χ0n) is 15.0. The maximum atomic E-state index is 13.2. The lowest BCUT2D eigenvalue weighted by molar-refractivity contribution is 0.102. The smallest absolute Gasteiger partial charge is 0.256 e. The molecule has 0 aliphatic rings. The summed E-state index contributed by atoms with van der Waals surface area (Å²) >= 11 is 7.30. The number of aryl methyl sites for hydroxylation is 1. The third kappa shape index (κ3) is 3.57. The number of fused-ring (bicyclic) bond motifs is 1. The van der Waals surface area contributed by atoms with Crippen LogP contribution in [0, 0.1) is 6.92 Å². The van der Waals surface area contributed by atoms with Gasteiger partial charge in [-0.15, -0.1) is 11.3 Å². The van der Waals surface area contributed by atoms with Gasteiger partial charge in [0, 0.05) is 20.7 Å². The van der Waals surface area contributed by atoms with E-state index < -0.39 is 0 Å². The summed E-state index contributed by atoms with van der Waals surface area (Å²) in [5.41, 5.74) is 2.78. The van der Waals surface area contributed by atoms with E-state index in [0.29, 0.717) is 26.5 Å². The van der Waals surface area contributed by atoms with Gasteiger partial charge in [0.15, 0.2) is 5.43 Å². The second-order valence-corrected chi connectivity index (χ2v) is 7.95. The highest BCUT2D eigenvalue weighted by Gasteiger charge is 2.17. The van der Waals surface area contributed by atoms with Crippen molar-refractivity contribution in [2.45, 2.75) is 6.92 Å². The minimum Gasteiger partial charge on any atom is -0.313 e. The van der Waals surface area contributed by atoms with Gasteiger partial charge < -0.3 is 5.32 Å². The molecule has 0 radical (unpaired) electrons. The Labute approximate surface area is 171 Å². The van der Waals surface area contributed by atoms with Crippen molar-refractivity contribution in [1.29, 1.82) is 0 Å². The van der Waals surface area contributed by atoms with Crippen molar-refractivity contribution in [3.05, 3.63) is 99.2 Å². The van der Waals surface area contributed by atoms with Crippen LogP contribution in [0.3, 0.4) is 0 Å². The predicted octanol–water partition coefficient (Wildman–Crippen LogP) is 6.14. The predicted molar refractivity (Wildman–Crippen MR) is 118 cm³/mol. The molecule has 28 heavy (non-hydrogen) atoms. The van der Waals surface area contributed by atoms with Gasteiger partial charge in [0.2, 0.25) is 0 Å². The van der Waals surface area contributed by atoms with E-state index in [2.05, 4.69) is 5.32 Å². The topological polar surface area (TPSA) is 46.2 Å². The number of anilines is 1. The Morgan fingerprint density at radius 1 is 0.929 bits per heavy atom. The normalized spacial score (nSPS) is 10.8. The van der Waals surface area contributed by atoms with E-state index in [1.807, 2.05) is 55.5 Å². The van der Waals surface area contributed by atoms with Crippen molar-refractivity contribution in [1.82, 2.24) is 0 Å². The van der Waals surface area contributed by atoms with Crippen LogP contribution in [0.2, 0.25) is 5.02 Å². The standard InChI is InChI=1S/C23H16ClNO2S/c1-14-6-8-15(9-7-14)20-21(26)18-4-2-3-5-19(18)28-23(20)25-22(27)16-10-12-17(24)13-11-16/h2-13H,1H3,(H,25,27). The lowest BCUT2D eigenvalue weighted by Gasteiger charge is -2.12. The second kappa shape index (κ2) is 7.58. The zero-order chi connectivity index (χ0) is 19.7. The van der Waals surface area contributed by atoms with E-state index in [1.54, 1.807) is 24.3 Å². The molecule has 0 bridgehead atoms. The fourth-order valence-corrected chi connectivity index (χ4v) is 4.21. The van der Waals surface area contributed by atoms with Gasteiger partial charge in [0.25, 0.3) is 5.91 Å². The van der Waals surface area contributed by atoms with Gasteiger partial charge in [-0.2, -0.15) is 0 Å². The number of carbonyl (C=O) groups is 1. The average molecular weight is 406 g/mol. The van der Waals surface area contributed by atoms with E-state index in [9.17, 15) is 9.59 Å². The summed E-state index contributed by atoms with van der Waals surface area (Å²) in [6, 6.07) is 21.8. The van der Waals surface area contributed by atoms with E-state index in [0.717, 1.165) is 15.8 Å². The van der Waals surface area contributed by atoms with Crippen LogP contribution in [0.15, 0.2) is 77.6 Å². The Bertz CT molecular complexity index is 1230. The van der Waals surface area contributed by atoms with Crippen molar-refractivity contribution < 1.29 is 4.79 Å². The largest absolute Gasteiger partial charge is 0.313 e. The van der Waals surface area contributed by atoms with Gasteiger partial charge >= 0.3 is 0 Å². The van der Waals surface area contributed by atoms with Gasteiger partial charge in [0.1, 0.15) is 5.00 Å². The van der Waals surface area contributed by atoms with E-state index in [-0.39, 0.29) is 11.3 Å². The Morgan fingerprint density at radius 2 is 1.61 bits per heavy atom. The van der Waals surface area contributed by atoms with Crippen molar-refractivity contribution in [3.63, 3.8) is 0 Å². The Balaban J connectivity index is 1.87. The van der Waals surface area contributed by atoms with Crippen molar-refractivity contribution in [3.8, 4) is 11.1 Å². The Morgan fingerprint density at radius 3 is 2.32 bits per heavy atom. The van der Waals surface area contributed by atoms with Crippen LogP contribution < -0.4 is 10.7 Å². The SMILES string of the molecule is Cc1ccc(-c2c(NC(=O)c3ccc(Cl)cc3)sc3ccccc3c2=O)cc1.